The second-order valence-corrected chi connectivity index (χ2v) is 9.08. The molecule has 0 aromatic heterocycles. The molecule has 3 aromatic rings. The van der Waals surface area contributed by atoms with Crippen LogP contribution in [0.1, 0.15) is 16.7 Å². The Morgan fingerprint density at radius 1 is 1.00 bits per heavy atom. The Morgan fingerprint density at radius 2 is 1.74 bits per heavy atom. The summed E-state index contributed by atoms with van der Waals surface area (Å²) in [5.41, 5.74) is 2.60. The van der Waals surface area contributed by atoms with Crippen molar-refractivity contribution in [3.8, 4) is 5.75 Å². The summed E-state index contributed by atoms with van der Waals surface area (Å²) >= 11 is 10.6. The van der Waals surface area contributed by atoms with E-state index in [0.717, 1.165) is 32.9 Å². The molecule has 1 aliphatic rings. The van der Waals surface area contributed by atoms with Gasteiger partial charge in [0.05, 0.1) is 15.9 Å². The van der Waals surface area contributed by atoms with Crippen LogP contribution >= 0.6 is 39.3 Å². The Morgan fingerprint density at radius 3 is 2.48 bits per heavy atom. The van der Waals surface area contributed by atoms with Crippen molar-refractivity contribution in [2.45, 2.75) is 13.2 Å². The second-order valence-electron chi connectivity index (χ2n) is 6.82. The van der Waals surface area contributed by atoms with Crippen LogP contribution < -0.4 is 4.74 Å². The second kappa shape index (κ2) is 9.73. The zero-order valence-corrected chi connectivity index (χ0v) is 19.4. The van der Waals surface area contributed by atoms with Gasteiger partial charge < -0.3 is 4.74 Å². The van der Waals surface area contributed by atoms with E-state index in [1.807, 2.05) is 60.7 Å². The van der Waals surface area contributed by atoms with Crippen molar-refractivity contribution < 1.29 is 14.3 Å². The molecule has 0 N–H and O–H groups in total. The molecule has 1 fully saturated rings. The largest absolute Gasteiger partial charge is 0.488 e. The molecule has 1 saturated heterocycles. The van der Waals surface area contributed by atoms with Gasteiger partial charge in [0.15, 0.2) is 0 Å². The van der Waals surface area contributed by atoms with Crippen molar-refractivity contribution >= 4 is 56.5 Å². The average Bonchev–Trinajstić information content (AvgIpc) is 3.03. The summed E-state index contributed by atoms with van der Waals surface area (Å²) in [4.78, 5) is 26.8. The number of amides is 2. The fraction of sp³-hybridized carbons (Fsp3) is 0.0833. The van der Waals surface area contributed by atoms with E-state index in [-0.39, 0.29) is 17.7 Å². The van der Waals surface area contributed by atoms with E-state index >= 15 is 0 Å². The summed E-state index contributed by atoms with van der Waals surface area (Å²) in [6, 6.07) is 22.6. The summed E-state index contributed by atoms with van der Waals surface area (Å²) in [5.74, 6) is 0.378. The molecule has 156 valence electrons. The van der Waals surface area contributed by atoms with Gasteiger partial charge in [0.1, 0.15) is 12.4 Å². The van der Waals surface area contributed by atoms with Gasteiger partial charge >= 0.3 is 0 Å². The summed E-state index contributed by atoms with van der Waals surface area (Å²) in [6.45, 7) is 0.608. The Balaban J connectivity index is 1.47. The van der Waals surface area contributed by atoms with Crippen molar-refractivity contribution in [2.75, 3.05) is 0 Å². The molecule has 31 heavy (non-hydrogen) atoms. The molecule has 0 unspecified atom stereocenters. The third kappa shape index (κ3) is 5.21. The third-order valence-electron chi connectivity index (χ3n) is 4.65. The number of imide groups is 1. The van der Waals surface area contributed by atoms with E-state index < -0.39 is 0 Å². The highest BCUT2D eigenvalue weighted by Crippen LogP contribution is 2.35. The van der Waals surface area contributed by atoms with E-state index in [1.165, 1.54) is 4.90 Å². The number of benzene rings is 3. The minimum atomic E-state index is -0.324. The Bertz CT molecular complexity index is 1170. The quantitative estimate of drug-likeness (QED) is 0.335. The first-order chi connectivity index (χ1) is 15.0. The molecule has 7 heteroatoms. The van der Waals surface area contributed by atoms with Gasteiger partial charge in [0, 0.05) is 5.02 Å². The lowest BCUT2D eigenvalue weighted by molar-refractivity contribution is -0.123. The summed E-state index contributed by atoms with van der Waals surface area (Å²) in [5, 5.41) is 0.221. The molecular weight excluding hydrogens is 498 g/mol. The molecule has 0 aliphatic carbocycles. The van der Waals surface area contributed by atoms with Gasteiger partial charge in [-0.15, -0.1) is 0 Å². The normalized spacial score (nSPS) is 15.0. The van der Waals surface area contributed by atoms with Crippen molar-refractivity contribution in [3.05, 3.63) is 104 Å². The monoisotopic (exact) mass is 513 g/mol. The topological polar surface area (TPSA) is 46.6 Å². The molecular formula is C24H17BrClNO3S. The van der Waals surface area contributed by atoms with Gasteiger partial charge in [0.25, 0.3) is 11.1 Å². The predicted octanol–water partition coefficient (Wildman–Crippen LogP) is 6.92. The van der Waals surface area contributed by atoms with Gasteiger partial charge in [0.2, 0.25) is 0 Å². The fourth-order valence-corrected chi connectivity index (χ4v) is 4.59. The lowest BCUT2D eigenvalue weighted by atomic mass is 10.2. The highest BCUT2D eigenvalue weighted by Gasteiger charge is 2.35. The minimum Gasteiger partial charge on any atom is -0.488 e. The number of hydrogen-bond acceptors (Lipinski definition) is 4. The molecule has 3 aromatic carbocycles. The van der Waals surface area contributed by atoms with Gasteiger partial charge in [-0.3, -0.25) is 14.5 Å². The zero-order valence-electron chi connectivity index (χ0n) is 16.3. The van der Waals surface area contributed by atoms with Gasteiger partial charge in [-0.2, -0.15) is 0 Å². The van der Waals surface area contributed by atoms with Crippen LogP contribution in [0.4, 0.5) is 4.79 Å². The number of ether oxygens (including phenoxy) is 1. The van der Waals surface area contributed by atoms with Crippen molar-refractivity contribution in [1.82, 2.24) is 4.90 Å². The van der Waals surface area contributed by atoms with Gasteiger partial charge in [-0.1, -0.05) is 66.2 Å². The maximum atomic E-state index is 12.8. The molecule has 4 nitrogen and oxygen atoms in total. The molecule has 4 rings (SSSR count). The number of carbonyl (C=O) groups is 2. The van der Waals surface area contributed by atoms with Crippen LogP contribution in [0, 0.1) is 0 Å². The number of rotatable bonds is 6. The lowest BCUT2D eigenvalue weighted by Crippen LogP contribution is -2.27. The number of hydrogen-bond donors (Lipinski definition) is 0. The SMILES string of the molecule is O=C1S/C(=C\c2ccc(OCc3ccccc3)c(Br)c2)C(=O)N1Cc1ccccc1Cl. The minimum absolute atomic E-state index is 0.150. The van der Waals surface area contributed by atoms with Gasteiger partial charge in [-0.05, 0) is 68.7 Å². The van der Waals surface area contributed by atoms with Crippen LogP contribution in [0.5, 0.6) is 5.75 Å². The molecule has 0 spiro atoms. The van der Waals surface area contributed by atoms with Crippen molar-refractivity contribution in [1.29, 1.82) is 0 Å². The van der Waals surface area contributed by atoms with Crippen LogP contribution in [0.15, 0.2) is 82.2 Å². The Hall–Kier alpha value is -2.54. The number of halogens is 2. The first-order valence-corrected chi connectivity index (χ1v) is 11.4. The van der Waals surface area contributed by atoms with Crippen LogP contribution in [-0.2, 0) is 17.9 Å². The average molecular weight is 515 g/mol. The molecule has 0 saturated carbocycles. The number of nitrogens with zero attached hydrogens (tertiary/aromatic N) is 1. The van der Waals surface area contributed by atoms with E-state index in [4.69, 9.17) is 16.3 Å². The molecule has 0 atom stereocenters. The Kier molecular flexibility index (Phi) is 6.80. The molecule has 1 aliphatic heterocycles. The third-order valence-corrected chi connectivity index (χ3v) is 6.55. The molecule has 1 heterocycles. The molecule has 0 radical (unpaired) electrons. The van der Waals surface area contributed by atoms with Crippen molar-refractivity contribution in [2.24, 2.45) is 0 Å². The highest BCUT2D eigenvalue weighted by atomic mass is 79.9. The van der Waals surface area contributed by atoms with E-state index in [0.29, 0.717) is 22.3 Å². The smallest absolute Gasteiger partial charge is 0.293 e. The predicted molar refractivity (Wildman–Crippen MR) is 128 cm³/mol. The van der Waals surface area contributed by atoms with Gasteiger partial charge in [-0.25, -0.2) is 0 Å². The molecule has 2 amide bonds. The highest BCUT2D eigenvalue weighted by molar-refractivity contribution is 9.10. The first kappa shape index (κ1) is 21.7. The summed E-state index contributed by atoms with van der Waals surface area (Å²) in [7, 11) is 0. The first-order valence-electron chi connectivity index (χ1n) is 9.46. The standard InChI is InChI=1S/C24H17BrClNO3S/c25-19-12-17(10-11-21(19)30-15-16-6-2-1-3-7-16)13-22-23(28)27(24(29)31-22)14-18-8-4-5-9-20(18)26/h1-13H,14-15H2/b22-13-. The number of thioether (sulfide) groups is 1. The van der Waals surface area contributed by atoms with Crippen LogP contribution in [-0.4, -0.2) is 16.0 Å². The summed E-state index contributed by atoms with van der Waals surface area (Å²) < 4.78 is 6.64. The van der Waals surface area contributed by atoms with E-state index in [9.17, 15) is 9.59 Å². The van der Waals surface area contributed by atoms with E-state index in [1.54, 1.807) is 18.2 Å². The van der Waals surface area contributed by atoms with Crippen LogP contribution in [0.25, 0.3) is 6.08 Å². The van der Waals surface area contributed by atoms with E-state index in [2.05, 4.69) is 15.9 Å². The fourth-order valence-electron chi connectivity index (χ4n) is 3.04. The van der Waals surface area contributed by atoms with Crippen LogP contribution in [0.3, 0.4) is 0 Å². The Labute approximate surface area is 198 Å². The van der Waals surface area contributed by atoms with Crippen molar-refractivity contribution in [3.63, 3.8) is 0 Å². The maximum Gasteiger partial charge on any atom is 0.293 e. The molecule has 0 bridgehead atoms. The summed E-state index contributed by atoms with van der Waals surface area (Å²) in [6.07, 6.45) is 1.71. The lowest BCUT2D eigenvalue weighted by Gasteiger charge is -2.13. The maximum absolute atomic E-state index is 12.8. The zero-order chi connectivity index (χ0) is 21.8. The van der Waals surface area contributed by atoms with Crippen LogP contribution in [0.2, 0.25) is 5.02 Å². The number of carbonyl (C=O) groups excluding carboxylic acids is 2.